The number of halogens is 1. The topological polar surface area (TPSA) is 20.3 Å². The average Bonchev–Trinajstić information content (AvgIpc) is 2.57. The Kier molecular flexibility index (Phi) is 4.44. The molecule has 0 aromatic heterocycles. The van der Waals surface area contributed by atoms with E-state index in [0.717, 1.165) is 19.4 Å². The Bertz CT molecular complexity index is 430. The number of nitrogens with zero attached hydrogens (tertiary/aromatic N) is 1. The Morgan fingerprint density at radius 1 is 1.39 bits per heavy atom. The van der Waals surface area contributed by atoms with Crippen molar-refractivity contribution in [2.24, 2.45) is 5.92 Å². The molecule has 0 fully saturated rings. The minimum Gasteiger partial charge on any atom is -0.334 e. The molecule has 2 nitrogen and oxygen atoms in total. The van der Waals surface area contributed by atoms with E-state index in [0.29, 0.717) is 17.3 Å². The number of aryl methyl sites for hydroxylation is 1. The van der Waals surface area contributed by atoms with Crippen molar-refractivity contribution >= 4 is 21.8 Å². The van der Waals surface area contributed by atoms with E-state index in [1.165, 1.54) is 11.1 Å². The van der Waals surface area contributed by atoms with Crippen molar-refractivity contribution in [3.8, 4) is 0 Å². The Morgan fingerprint density at radius 2 is 2.06 bits per heavy atom. The summed E-state index contributed by atoms with van der Waals surface area (Å²) >= 11 is 3.30. The fourth-order valence-corrected chi connectivity index (χ4v) is 3.08. The fourth-order valence-electron chi connectivity index (χ4n) is 2.76. The van der Waals surface area contributed by atoms with Crippen LogP contribution in [0.4, 0.5) is 0 Å². The van der Waals surface area contributed by atoms with Crippen LogP contribution in [-0.4, -0.2) is 22.2 Å². The van der Waals surface area contributed by atoms with Crippen molar-refractivity contribution in [2.45, 2.75) is 39.3 Å². The zero-order valence-electron chi connectivity index (χ0n) is 11.0. The zero-order chi connectivity index (χ0) is 13.1. The molecule has 0 bridgehead atoms. The van der Waals surface area contributed by atoms with Gasteiger partial charge in [-0.15, -0.1) is 0 Å². The molecule has 1 atom stereocenters. The Balaban J connectivity index is 2.31. The first-order valence-corrected chi connectivity index (χ1v) is 7.68. The van der Waals surface area contributed by atoms with Gasteiger partial charge in [0, 0.05) is 12.6 Å². The van der Waals surface area contributed by atoms with Gasteiger partial charge in [0.15, 0.2) is 0 Å². The molecule has 0 N–H and O–H groups in total. The average molecular weight is 310 g/mol. The number of hydrogen-bond donors (Lipinski definition) is 0. The van der Waals surface area contributed by atoms with Gasteiger partial charge < -0.3 is 4.90 Å². The molecule has 2 rings (SSSR count). The summed E-state index contributed by atoms with van der Waals surface area (Å²) in [6.07, 6.45) is 2.14. The standard InChI is InChI=1S/C15H20BrNO/c1-11(2)14-8-7-12-5-3-4-6-13(12)10-17(14)15(18)9-16/h3-6,11,14H,7-10H2,1-2H3/t14-/m0/s1. The lowest BCUT2D eigenvalue weighted by Crippen LogP contribution is -2.42. The smallest absolute Gasteiger partial charge is 0.233 e. The van der Waals surface area contributed by atoms with Gasteiger partial charge in [0.1, 0.15) is 0 Å². The summed E-state index contributed by atoms with van der Waals surface area (Å²) in [5.74, 6) is 0.702. The molecule has 0 spiro atoms. The summed E-state index contributed by atoms with van der Waals surface area (Å²) in [6.45, 7) is 5.16. The van der Waals surface area contributed by atoms with Crippen molar-refractivity contribution in [2.75, 3.05) is 5.33 Å². The fraction of sp³-hybridized carbons (Fsp3) is 0.533. The maximum absolute atomic E-state index is 12.1. The molecule has 0 saturated carbocycles. The number of hydrogen-bond acceptors (Lipinski definition) is 1. The summed E-state index contributed by atoms with van der Waals surface area (Å²) in [5, 5.41) is 0.415. The molecular weight excluding hydrogens is 290 g/mol. The minimum absolute atomic E-state index is 0.199. The number of amides is 1. The van der Waals surface area contributed by atoms with Gasteiger partial charge in [0.25, 0.3) is 0 Å². The molecule has 98 valence electrons. The summed E-state index contributed by atoms with van der Waals surface area (Å²) in [5.41, 5.74) is 2.70. The van der Waals surface area contributed by atoms with Crippen molar-refractivity contribution < 1.29 is 4.79 Å². The molecule has 0 radical (unpaired) electrons. The number of carbonyl (C=O) groups excluding carboxylic acids is 1. The molecule has 1 aliphatic rings. The normalized spacial score (nSPS) is 19.6. The van der Waals surface area contributed by atoms with E-state index < -0.39 is 0 Å². The third-order valence-electron chi connectivity index (χ3n) is 3.77. The Hall–Kier alpha value is -0.830. The van der Waals surface area contributed by atoms with Crippen LogP contribution in [0.5, 0.6) is 0 Å². The lowest BCUT2D eigenvalue weighted by atomic mass is 9.96. The van der Waals surface area contributed by atoms with Crippen LogP contribution in [0.15, 0.2) is 24.3 Å². The zero-order valence-corrected chi connectivity index (χ0v) is 12.6. The van der Waals surface area contributed by atoms with Crippen LogP contribution in [0.2, 0.25) is 0 Å². The monoisotopic (exact) mass is 309 g/mol. The van der Waals surface area contributed by atoms with Gasteiger partial charge >= 0.3 is 0 Å². The van der Waals surface area contributed by atoms with Gasteiger partial charge in [-0.25, -0.2) is 0 Å². The molecule has 1 amide bonds. The highest BCUT2D eigenvalue weighted by atomic mass is 79.9. The van der Waals surface area contributed by atoms with Crippen LogP contribution in [0.25, 0.3) is 0 Å². The van der Waals surface area contributed by atoms with E-state index >= 15 is 0 Å². The van der Waals surface area contributed by atoms with Crippen molar-refractivity contribution in [1.82, 2.24) is 4.90 Å². The molecule has 1 aromatic rings. The van der Waals surface area contributed by atoms with E-state index in [4.69, 9.17) is 0 Å². The van der Waals surface area contributed by atoms with Crippen molar-refractivity contribution in [1.29, 1.82) is 0 Å². The molecule has 18 heavy (non-hydrogen) atoms. The first kappa shape index (κ1) is 13.6. The second-order valence-corrected chi connectivity index (χ2v) is 5.83. The second kappa shape index (κ2) is 5.87. The highest BCUT2D eigenvalue weighted by Crippen LogP contribution is 2.26. The first-order chi connectivity index (χ1) is 8.63. The molecule has 0 aliphatic carbocycles. The molecule has 0 unspecified atom stereocenters. The number of fused-ring (bicyclic) bond motifs is 1. The van der Waals surface area contributed by atoms with Crippen LogP contribution in [0.1, 0.15) is 31.4 Å². The summed E-state index contributed by atoms with van der Waals surface area (Å²) < 4.78 is 0. The Labute approximate surface area is 117 Å². The number of alkyl halides is 1. The van der Waals surface area contributed by atoms with Crippen molar-refractivity contribution in [3.05, 3.63) is 35.4 Å². The van der Waals surface area contributed by atoms with Crippen LogP contribution in [0.3, 0.4) is 0 Å². The maximum Gasteiger partial charge on any atom is 0.233 e. The van der Waals surface area contributed by atoms with Crippen molar-refractivity contribution in [3.63, 3.8) is 0 Å². The third-order valence-corrected chi connectivity index (χ3v) is 4.25. The third kappa shape index (κ3) is 2.77. The van der Waals surface area contributed by atoms with Gasteiger partial charge in [-0.3, -0.25) is 4.79 Å². The number of carbonyl (C=O) groups is 1. The predicted molar refractivity (Wildman–Crippen MR) is 77.7 cm³/mol. The van der Waals surface area contributed by atoms with Gasteiger partial charge in [-0.05, 0) is 29.9 Å². The van der Waals surface area contributed by atoms with E-state index in [-0.39, 0.29) is 5.91 Å². The van der Waals surface area contributed by atoms with E-state index in [1.54, 1.807) is 0 Å². The van der Waals surface area contributed by atoms with E-state index in [1.807, 2.05) is 4.90 Å². The quantitative estimate of drug-likeness (QED) is 0.767. The van der Waals surface area contributed by atoms with E-state index in [9.17, 15) is 4.79 Å². The van der Waals surface area contributed by atoms with E-state index in [2.05, 4.69) is 54.0 Å². The lowest BCUT2D eigenvalue weighted by molar-refractivity contribution is -0.132. The molecular formula is C15H20BrNO. The molecule has 0 saturated heterocycles. The predicted octanol–water partition coefficient (Wildman–Crippen LogP) is 3.38. The van der Waals surface area contributed by atoms with Gasteiger partial charge in [0.05, 0.1) is 5.33 Å². The summed E-state index contributed by atoms with van der Waals surface area (Å²) in [6, 6.07) is 8.83. The summed E-state index contributed by atoms with van der Waals surface area (Å²) in [4.78, 5) is 14.2. The van der Waals surface area contributed by atoms with Gasteiger partial charge in [0.2, 0.25) is 5.91 Å². The number of benzene rings is 1. The minimum atomic E-state index is 0.199. The highest BCUT2D eigenvalue weighted by Gasteiger charge is 2.28. The summed E-state index contributed by atoms with van der Waals surface area (Å²) in [7, 11) is 0. The largest absolute Gasteiger partial charge is 0.334 e. The lowest BCUT2D eigenvalue weighted by Gasteiger charge is -2.32. The molecule has 1 heterocycles. The first-order valence-electron chi connectivity index (χ1n) is 6.55. The number of rotatable bonds is 2. The van der Waals surface area contributed by atoms with Gasteiger partial charge in [-0.1, -0.05) is 54.0 Å². The van der Waals surface area contributed by atoms with Crippen LogP contribution < -0.4 is 0 Å². The van der Waals surface area contributed by atoms with Crippen LogP contribution in [0, 0.1) is 5.92 Å². The second-order valence-electron chi connectivity index (χ2n) is 5.27. The van der Waals surface area contributed by atoms with Crippen LogP contribution >= 0.6 is 15.9 Å². The Morgan fingerprint density at radius 3 is 2.67 bits per heavy atom. The maximum atomic E-state index is 12.1. The SMILES string of the molecule is CC(C)[C@@H]1CCc2ccccc2CN1C(=O)CBr. The highest BCUT2D eigenvalue weighted by molar-refractivity contribution is 9.09. The van der Waals surface area contributed by atoms with Crippen LogP contribution in [-0.2, 0) is 17.8 Å². The van der Waals surface area contributed by atoms with Gasteiger partial charge in [-0.2, -0.15) is 0 Å². The molecule has 1 aromatic carbocycles. The molecule has 1 aliphatic heterocycles. The molecule has 3 heteroatoms.